The van der Waals surface area contributed by atoms with Gasteiger partial charge in [-0.1, -0.05) is 29.8 Å². The summed E-state index contributed by atoms with van der Waals surface area (Å²) in [5.74, 6) is 0.0455. The SMILES string of the molecule is C=C(Cl)/C=C\C(C(C)=O)=C(C)C. The van der Waals surface area contributed by atoms with Crippen LogP contribution in [0.4, 0.5) is 0 Å². The maximum Gasteiger partial charge on any atom is 0.159 e. The van der Waals surface area contributed by atoms with Crippen molar-refractivity contribution in [3.05, 3.63) is 34.9 Å². The third-order valence-corrected chi connectivity index (χ3v) is 1.47. The molecule has 0 aliphatic carbocycles. The second-order valence-electron chi connectivity index (χ2n) is 2.75. The van der Waals surface area contributed by atoms with Gasteiger partial charge in [0.05, 0.1) is 0 Å². The molecule has 0 unspecified atom stereocenters. The summed E-state index contributed by atoms with van der Waals surface area (Å²) in [6.45, 7) is 8.80. The Kier molecular flexibility index (Phi) is 4.60. The first-order valence-corrected chi connectivity index (χ1v) is 4.04. The summed E-state index contributed by atoms with van der Waals surface area (Å²) in [7, 11) is 0. The van der Waals surface area contributed by atoms with Crippen molar-refractivity contribution in [2.45, 2.75) is 20.8 Å². The second-order valence-corrected chi connectivity index (χ2v) is 3.24. The Hall–Kier alpha value is -0.820. The molecule has 0 atom stereocenters. The Balaban J connectivity index is 4.70. The molecule has 0 aromatic heterocycles. The van der Waals surface area contributed by atoms with Gasteiger partial charge in [-0.2, -0.15) is 0 Å². The molecule has 0 fully saturated rings. The first-order chi connectivity index (χ1) is 5.45. The molecule has 0 saturated carbocycles. The molecule has 0 heterocycles. The first kappa shape index (κ1) is 11.2. The summed E-state index contributed by atoms with van der Waals surface area (Å²) >= 11 is 5.52. The van der Waals surface area contributed by atoms with Crippen molar-refractivity contribution in [3.8, 4) is 0 Å². The maximum absolute atomic E-state index is 11.0. The number of hydrogen-bond acceptors (Lipinski definition) is 1. The largest absolute Gasteiger partial charge is 0.295 e. The third-order valence-electron chi connectivity index (χ3n) is 1.35. The predicted molar refractivity (Wildman–Crippen MR) is 53.2 cm³/mol. The number of Topliss-reactive ketones (excluding diaryl/α,β-unsaturated/α-hetero) is 1. The van der Waals surface area contributed by atoms with Gasteiger partial charge in [-0.05, 0) is 26.8 Å². The number of halogens is 1. The summed E-state index contributed by atoms with van der Waals surface area (Å²) in [6, 6.07) is 0. The van der Waals surface area contributed by atoms with E-state index in [4.69, 9.17) is 11.6 Å². The summed E-state index contributed by atoms with van der Waals surface area (Å²) in [4.78, 5) is 11.0. The minimum absolute atomic E-state index is 0.0455. The minimum atomic E-state index is 0.0455. The molecule has 66 valence electrons. The number of carbonyl (C=O) groups excluding carboxylic acids is 1. The molecule has 0 aromatic rings. The Labute approximate surface area is 78.4 Å². The lowest BCUT2D eigenvalue weighted by atomic mass is 10.1. The van der Waals surface area contributed by atoms with E-state index in [1.54, 1.807) is 12.2 Å². The van der Waals surface area contributed by atoms with Crippen LogP contribution in [0.5, 0.6) is 0 Å². The molecule has 0 amide bonds. The van der Waals surface area contributed by atoms with E-state index in [0.717, 1.165) is 5.57 Å². The summed E-state index contributed by atoms with van der Waals surface area (Å²) in [6.07, 6.45) is 3.30. The van der Waals surface area contributed by atoms with Crippen LogP contribution in [0.2, 0.25) is 0 Å². The average molecular weight is 185 g/mol. The number of carbonyl (C=O) groups is 1. The fourth-order valence-electron chi connectivity index (χ4n) is 0.810. The Morgan fingerprint density at radius 1 is 1.25 bits per heavy atom. The molecule has 0 aromatic carbocycles. The molecule has 0 bridgehead atoms. The molecule has 0 radical (unpaired) electrons. The lowest BCUT2D eigenvalue weighted by molar-refractivity contribution is -0.113. The van der Waals surface area contributed by atoms with E-state index in [0.29, 0.717) is 10.6 Å². The fraction of sp³-hybridized carbons (Fsp3) is 0.300. The minimum Gasteiger partial charge on any atom is -0.295 e. The zero-order chi connectivity index (χ0) is 9.72. The zero-order valence-corrected chi connectivity index (χ0v) is 8.40. The predicted octanol–water partition coefficient (Wildman–Crippen LogP) is 3.22. The van der Waals surface area contributed by atoms with Gasteiger partial charge >= 0.3 is 0 Å². The smallest absolute Gasteiger partial charge is 0.159 e. The van der Waals surface area contributed by atoms with Crippen LogP contribution in [-0.2, 0) is 4.79 Å². The Morgan fingerprint density at radius 3 is 2.00 bits per heavy atom. The van der Waals surface area contributed by atoms with Crippen LogP contribution in [0.15, 0.2) is 34.9 Å². The highest BCUT2D eigenvalue weighted by molar-refractivity contribution is 6.30. The molecule has 0 saturated heterocycles. The highest BCUT2D eigenvalue weighted by Gasteiger charge is 2.00. The highest BCUT2D eigenvalue weighted by atomic mass is 35.5. The van der Waals surface area contributed by atoms with Crippen molar-refractivity contribution in [2.75, 3.05) is 0 Å². The van der Waals surface area contributed by atoms with Crippen LogP contribution in [-0.4, -0.2) is 5.78 Å². The first-order valence-electron chi connectivity index (χ1n) is 3.66. The average Bonchev–Trinajstić information content (AvgIpc) is 1.84. The Morgan fingerprint density at radius 2 is 1.75 bits per heavy atom. The van der Waals surface area contributed by atoms with Gasteiger partial charge in [-0.15, -0.1) is 0 Å². The molecule has 0 rings (SSSR count). The summed E-state index contributed by atoms with van der Waals surface area (Å²) < 4.78 is 0. The van der Waals surface area contributed by atoms with Crippen LogP contribution >= 0.6 is 11.6 Å². The standard InChI is InChI=1S/C10H13ClO/c1-7(2)10(9(4)12)6-5-8(3)11/h5-6H,3H2,1-2,4H3/b6-5-. The van der Waals surface area contributed by atoms with Crippen LogP contribution < -0.4 is 0 Å². The lowest BCUT2D eigenvalue weighted by Gasteiger charge is -1.98. The number of allylic oxidation sites excluding steroid dienone is 5. The van der Waals surface area contributed by atoms with Crippen molar-refractivity contribution in [2.24, 2.45) is 0 Å². The Bertz CT molecular complexity index is 255. The van der Waals surface area contributed by atoms with Crippen molar-refractivity contribution >= 4 is 17.4 Å². The monoisotopic (exact) mass is 184 g/mol. The molecule has 12 heavy (non-hydrogen) atoms. The maximum atomic E-state index is 11.0. The number of rotatable bonds is 3. The van der Waals surface area contributed by atoms with Crippen molar-refractivity contribution in [1.29, 1.82) is 0 Å². The van der Waals surface area contributed by atoms with Crippen molar-refractivity contribution < 1.29 is 4.79 Å². The molecule has 2 heteroatoms. The van der Waals surface area contributed by atoms with Gasteiger partial charge in [0.15, 0.2) is 5.78 Å². The van der Waals surface area contributed by atoms with E-state index in [-0.39, 0.29) is 5.78 Å². The van der Waals surface area contributed by atoms with Gasteiger partial charge in [0.1, 0.15) is 0 Å². The molecule has 0 aliphatic rings. The molecule has 1 nitrogen and oxygen atoms in total. The molecule has 0 aliphatic heterocycles. The molecular formula is C10H13ClO. The van der Waals surface area contributed by atoms with E-state index in [1.807, 2.05) is 13.8 Å². The van der Waals surface area contributed by atoms with Crippen LogP contribution in [0.3, 0.4) is 0 Å². The van der Waals surface area contributed by atoms with Gasteiger partial charge in [-0.25, -0.2) is 0 Å². The van der Waals surface area contributed by atoms with Gasteiger partial charge < -0.3 is 0 Å². The van der Waals surface area contributed by atoms with E-state index < -0.39 is 0 Å². The van der Waals surface area contributed by atoms with Gasteiger partial charge in [0.2, 0.25) is 0 Å². The second kappa shape index (κ2) is 4.94. The van der Waals surface area contributed by atoms with Gasteiger partial charge in [0, 0.05) is 10.6 Å². The molecular weight excluding hydrogens is 172 g/mol. The van der Waals surface area contributed by atoms with Crippen LogP contribution in [0, 0.1) is 0 Å². The molecule has 0 N–H and O–H groups in total. The quantitative estimate of drug-likeness (QED) is 0.486. The van der Waals surface area contributed by atoms with E-state index in [9.17, 15) is 4.79 Å². The third kappa shape index (κ3) is 4.14. The van der Waals surface area contributed by atoms with Crippen molar-refractivity contribution in [3.63, 3.8) is 0 Å². The van der Waals surface area contributed by atoms with E-state index >= 15 is 0 Å². The summed E-state index contributed by atoms with van der Waals surface area (Å²) in [5, 5.41) is 0.426. The zero-order valence-electron chi connectivity index (χ0n) is 7.65. The fourth-order valence-corrected chi connectivity index (χ4v) is 0.873. The molecule has 0 spiro atoms. The number of hydrogen-bond donors (Lipinski definition) is 0. The van der Waals surface area contributed by atoms with Crippen LogP contribution in [0.25, 0.3) is 0 Å². The van der Waals surface area contributed by atoms with Crippen LogP contribution in [0.1, 0.15) is 20.8 Å². The number of ketones is 1. The highest BCUT2D eigenvalue weighted by Crippen LogP contribution is 2.09. The normalized spacial score (nSPS) is 10.0. The topological polar surface area (TPSA) is 17.1 Å². The van der Waals surface area contributed by atoms with Crippen molar-refractivity contribution in [1.82, 2.24) is 0 Å². The van der Waals surface area contributed by atoms with Gasteiger partial charge in [-0.3, -0.25) is 4.79 Å². The lowest BCUT2D eigenvalue weighted by Crippen LogP contribution is -1.95. The summed E-state index contributed by atoms with van der Waals surface area (Å²) in [5.41, 5.74) is 1.67. The van der Waals surface area contributed by atoms with E-state index in [1.165, 1.54) is 6.92 Å². The van der Waals surface area contributed by atoms with E-state index in [2.05, 4.69) is 6.58 Å². The van der Waals surface area contributed by atoms with Gasteiger partial charge in [0.25, 0.3) is 0 Å².